The molecule has 0 fully saturated rings. The lowest BCUT2D eigenvalue weighted by Gasteiger charge is -2.16. The van der Waals surface area contributed by atoms with Gasteiger partial charge in [-0.3, -0.25) is 4.79 Å². The summed E-state index contributed by atoms with van der Waals surface area (Å²) in [4.78, 5) is 11.9. The van der Waals surface area contributed by atoms with Crippen molar-refractivity contribution in [3.63, 3.8) is 0 Å². The summed E-state index contributed by atoms with van der Waals surface area (Å²) < 4.78 is 7.25. The van der Waals surface area contributed by atoms with Crippen LogP contribution >= 0.6 is 0 Å². The summed E-state index contributed by atoms with van der Waals surface area (Å²) in [6.45, 7) is 5.17. The molecular formula is C17H22N2O2. The third kappa shape index (κ3) is 3.95. The third-order valence-electron chi connectivity index (χ3n) is 3.43. The Balaban J connectivity index is 2.10. The van der Waals surface area contributed by atoms with Crippen LogP contribution in [0.1, 0.15) is 30.6 Å². The molecule has 1 heterocycles. The highest BCUT2D eigenvalue weighted by Crippen LogP contribution is 2.18. The minimum absolute atomic E-state index is 0.0200. The molecule has 0 saturated heterocycles. The fourth-order valence-electron chi connectivity index (χ4n) is 2.19. The van der Waals surface area contributed by atoms with E-state index in [1.807, 2.05) is 37.3 Å². The molecule has 1 unspecified atom stereocenters. The zero-order valence-electron chi connectivity index (χ0n) is 12.6. The highest BCUT2D eigenvalue weighted by molar-refractivity contribution is 5.29. The molecule has 1 atom stereocenters. The summed E-state index contributed by atoms with van der Waals surface area (Å²) in [7, 11) is 0. The lowest BCUT2D eigenvalue weighted by atomic mass is 10.1. The van der Waals surface area contributed by atoms with Crippen molar-refractivity contribution in [2.75, 3.05) is 6.61 Å². The Morgan fingerprint density at radius 1 is 1.19 bits per heavy atom. The van der Waals surface area contributed by atoms with E-state index in [4.69, 9.17) is 10.5 Å². The molecule has 0 radical (unpaired) electrons. The number of benzene rings is 1. The molecule has 4 nitrogen and oxygen atoms in total. The molecule has 0 amide bonds. The highest BCUT2D eigenvalue weighted by Gasteiger charge is 2.09. The van der Waals surface area contributed by atoms with E-state index >= 15 is 0 Å². The molecule has 0 saturated carbocycles. The van der Waals surface area contributed by atoms with Crippen LogP contribution in [0.25, 0.3) is 0 Å². The summed E-state index contributed by atoms with van der Waals surface area (Å²) in [6.07, 6.45) is 0.984. The average Bonchev–Trinajstić information content (AvgIpc) is 2.49. The summed E-state index contributed by atoms with van der Waals surface area (Å²) >= 11 is 0. The first kappa shape index (κ1) is 15.3. The molecule has 4 heteroatoms. The van der Waals surface area contributed by atoms with Crippen LogP contribution in [0, 0.1) is 6.92 Å². The summed E-state index contributed by atoms with van der Waals surface area (Å²) in [5.41, 5.74) is 8.11. The number of hydrogen-bond acceptors (Lipinski definition) is 3. The van der Waals surface area contributed by atoms with E-state index in [9.17, 15) is 4.79 Å². The number of aromatic nitrogens is 1. The summed E-state index contributed by atoms with van der Waals surface area (Å²) in [5.74, 6) is 0.848. The van der Waals surface area contributed by atoms with E-state index in [-0.39, 0.29) is 11.6 Å². The van der Waals surface area contributed by atoms with Crippen molar-refractivity contribution < 1.29 is 4.74 Å². The topological polar surface area (TPSA) is 57.2 Å². The second-order valence-corrected chi connectivity index (χ2v) is 5.14. The summed E-state index contributed by atoms with van der Waals surface area (Å²) in [5, 5.41) is 0. The van der Waals surface area contributed by atoms with Crippen molar-refractivity contribution in [2.24, 2.45) is 5.73 Å². The van der Waals surface area contributed by atoms with E-state index in [1.165, 1.54) is 0 Å². The first-order valence-corrected chi connectivity index (χ1v) is 7.26. The molecule has 0 aliphatic rings. The number of ether oxygens (including phenoxy) is 1. The summed E-state index contributed by atoms with van der Waals surface area (Å²) in [6, 6.07) is 12.8. The van der Waals surface area contributed by atoms with Gasteiger partial charge in [0.15, 0.2) is 0 Å². The van der Waals surface area contributed by atoms with Crippen LogP contribution in [0.4, 0.5) is 0 Å². The number of nitrogens with zero attached hydrogens (tertiary/aromatic N) is 1. The van der Waals surface area contributed by atoms with Crippen LogP contribution in [0.5, 0.6) is 5.75 Å². The predicted octanol–water partition coefficient (Wildman–Crippen LogP) is 2.65. The van der Waals surface area contributed by atoms with Crippen LogP contribution in [-0.2, 0) is 6.54 Å². The van der Waals surface area contributed by atoms with Crippen molar-refractivity contribution in [2.45, 2.75) is 32.9 Å². The van der Waals surface area contributed by atoms with Crippen LogP contribution in [-0.4, -0.2) is 11.2 Å². The van der Waals surface area contributed by atoms with Gasteiger partial charge < -0.3 is 15.0 Å². The molecule has 2 rings (SSSR count). The molecule has 0 bridgehead atoms. The Kier molecular flexibility index (Phi) is 5.17. The van der Waals surface area contributed by atoms with Gasteiger partial charge in [0.05, 0.1) is 6.61 Å². The monoisotopic (exact) mass is 286 g/mol. The maximum Gasteiger partial charge on any atom is 0.250 e. The molecule has 2 N–H and O–H groups in total. The number of aryl methyl sites for hydroxylation is 1. The van der Waals surface area contributed by atoms with Gasteiger partial charge in [-0.15, -0.1) is 0 Å². The van der Waals surface area contributed by atoms with Crippen molar-refractivity contribution >= 4 is 0 Å². The van der Waals surface area contributed by atoms with Crippen LogP contribution in [0.15, 0.2) is 47.3 Å². The van der Waals surface area contributed by atoms with Crippen molar-refractivity contribution in [1.29, 1.82) is 0 Å². The Bertz CT molecular complexity index is 632. The van der Waals surface area contributed by atoms with Crippen molar-refractivity contribution in [3.05, 3.63) is 64.1 Å². The molecule has 1 aromatic heterocycles. The van der Waals surface area contributed by atoms with Crippen LogP contribution in [0.3, 0.4) is 0 Å². The minimum atomic E-state index is -0.218. The largest absolute Gasteiger partial charge is 0.494 e. The molecule has 0 aliphatic carbocycles. The molecule has 112 valence electrons. The number of nitrogens with two attached hydrogens (primary N) is 1. The van der Waals surface area contributed by atoms with Gasteiger partial charge in [0.25, 0.3) is 5.56 Å². The molecule has 0 spiro atoms. The second kappa shape index (κ2) is 7.09. The lowest BCUT2D eigenvalue weighted by molar-refractivity contribution is 0.317. The fraction of sp³-hybridized carbons (Fsp3) is 0.353. The fourth-order valence-corrected chi connectivity index (χ4v) is 2.19. The van der Waals surface area contributed by atoms with E-state index in [0.717, 1.165) is 23.4 Å². The van der Waals surface area contributed by atoms with E-state index in [1.54, 1.807) is 16.7 Å². The molecule has 1 aromatic carbocycles. The number of hydrogen-bond donors (Lipinski definition) is 1. The second-order valence-electron chi connectivity index (χ2n) is 5.14. The van der Waals surface area contributed by atoms with E-state index < -0.39 is 0 Å². The Hall–Kier alpha value is -2.07. The maximum atomic E-state index is 11.9. The van der Waals surface area contributed by atoms with Gasteiger partial charge in [-0.25, -0.2) is 0 Å². The molecule has 2 aromatic rings. The van der Waals surface area contributed by atoms with Gasteiger partial charge in [-0.2, -0.15) is 0 Å². The van der Waals surface area contributed by atoms with Gasteiger partial charge in [0.1, 0.15) is 5.75 Å². The normalized spacial score (nSPS) is 12.1. The zero-order chi connectivity index (χ0) is 15.2. The van der Waals surface area contributed by atoms with Gasteiger partial charge in [0, 0.05) is 24.3 Å². The van der Waals surface area contributed by atoms with Gasteiger partial charge in [-0.1, -0.05) is 25.1 Å². The Labute approximate surface area is 125 Å². The lowest BCUT2D eigenvalue weighted by Crippen LogP contribution is -2.27. The molecule has 0 aliphatic heterocycles. The zero-order valence-corrected chi connectivity index (χ0v) is 12.6. The average molecular weight is 286 g/mol. The first-order valence-electron chi connectivity index (χ1n) is 7.26. The quantitative estimate of drug-likeness (QED) is 0.888. The van der Waals surface area contributed by atoms with E-state index in [0.29, 0.717) is 13.2 Å². The molecule has 21 heavy (non-hydrogen) atoms. The minimum Gasteiger partial charge on any atom is -0.494 e. The van der Waals surface area contributed by atoms with Gasteiger partial charge in [-0.05, 0) is 37.1 Å². The molecular weight excluding hydrogens is 264 g/mol. The maximum absolute atomic E-state index is 11.9. The van der Waals surface area contributed by atoms with E-state index in [2.05, 4.69) is 6.92 Å². The third-order valence-corrected chi connectivity index (χ3v) is 3.43. The smallest absolute Gasteiger partial charge is 0.250 e. The standard InChI is InChI=1S/C17H22N2O2/c1-3-11-21-15-9-7-14(8-10-15)16(18)12-19-13(2)5-4-6-17(19)20/h4-10,16H,3,11-12,18H2,1-2H3. The Morgan fingerprint density at radius 2 is 1.90 bits per heavy atom. The first-order chi connectivity index (χ1) is 10.1. The predicted molar refractivity (Wildman–Crippen MR) is 84.6 cm³/mol. The van der Waals surface area contributed by atoms with Gasteiger partial charge >= 0.3 is 0 Å². The number of rotatable bonds is 6. The van der Waals surface area contributed by atoms with Gasteiger partial charge in [0.2, 0.25) is 0 Å². The SMILES string of the molecule is CCCOc1ccc(C(N)Cn2c(C)cccc2=O)cc1. The number of pyridine rings is 1. The van der Waals surface area contributed by atoms with Crippen LogP contribution < -0.4 is 16.0 Å². The van der Waals surface area contributed by atoms with Crippen molar-refractivity contribution in [1.82, 2.24) is 4.57 Å². The highest BCUT2D eigenvalue weighted by atomic mass is 16.5. The Morgan fingerprint density at radius 3 is 2.52 bits per heavy atom. The van der Waals surface area contributed by atoms with Crippen molar-refractivity contribution in [3.8, 4) is 5.75 Å². The van der Waals surface area contributed by atoms with Crippen LogP contribution in [0.2, 0.25) is 0 Å².